The van der Waals surface area contributed by atoms with Gasteiger partial charge in [-0.05, 0) is 101 Å². The summed E-state index contributed by atoms with van der Waals surface area (Å²) in [6, 6.07) is 0. The van der Waals surface area contributed by atoms with Crippen molar-refractivity contribution in [2.75, 3.05) is 26.9 Å². The Morgan fingerprint density at radius 1 is 0.775 bits per heavy atom. The van der Waals surface area contributed by atoms with Gasteiger partial charge in [0, 0.05) is 19.4 Å². The normalized spacial score (nSPS) is 49.0. The number of aliphatic hydroxyl groups is 7. The van der Waals surface area contributed by atoms with Gasteiger partial charge in [0.1, 0.15) is 85.0 Å². The molecule has 26 atom stereocenters. The average Bonchev–Trinajstić information content (AvgIpc) is 3.35. The third kappa shape index (κ3) is 11.5. The molecule has 1 spiro atoms. The van der Waals surface area contributed by atoms with Crippen molar-refractivity contribution in [3.63, 3.8) is 0 Å². The van der Waals surface area contributed by atoms with Crippen LogP contribution in [0.4, 0.5) is 0 Å². The first-order chi connectivity index (χ1) is 36.9. The zero-order valence-electron chi connectivity index (χ0n) is 47.5. The molecule has 0 aromatic rings. The second-order valence-electron chi connectivity index (χ2n) is 25.1. The largest absolute Gasteiger partial charge is 1.00 e. The second-order valence-corrected chi connectivity index (χ2v) is 26.1. The van der Waals surface area contributed by atoms with Crippen LogP contribution in [0.3, 0.4) is 0 Å². The molecule has 0 aromatic heterocycles. The number of carbonyl (C=O) groups is 2. The molecule has 450 valence electrons. The number of carbonyl (C=O) groups excluding carboxylic acids is 2. The smallest absolute Gasteiger partial charge is 0.726 e. The number of cyclic esters (lactones) is 1. The molecule has 26 heteroatoms. The minimum atomic E-state index is -5.40. The minimum Gasteiger partial charge on any atom is -0.726 e. The van der Waals surface area contributed by atoms with E-state index in [0.29, 0.717) is 44.9 Å². The Labute approximate surface area is 489 Å². The van der Waals surface area contributed by atoms with Gasteiger partial charge >= 0.3 is 41.5 Å². The summed E-state index contributed by atoms with van der Waals surface area (Å²) in [6.45, 7) is 18.2. The van der Waals surface area contributed by atoms with Crippen LogP contribution in [0.25, 0.3) is 0 Å². The first-order valence-electron chi connectivity index (χ1n) is 27.7. The van der Waals surface area contributed by atoms with E-state index in [4.69, 9.17) is 52.1 Å². The summed E-state index contributed by atoms with van der Waals surface area (Å²) in [6.07, 6.45) is -19.9. The zero-order chi connectivity index (χ0) is 57.7. The Morgan fingerprint density at radius 3 is 2.01 bits per heavy atom. The number of hydrogen-bond acceptors (Lipinski definition) is 24. The van der Waals surface area contributed by atoms with E-state index in [0.717, 1.165) is 18.4 Å². The average molecular weight is 1170 g/mol. The van der Waals surface area contributed by atoms with Gasteiger partial charge in [-0.3, -0.25) is 13.8 Å². The predicted molar refractivity (Wildman–Crippen MR) is 268 cm³/mol. The summed E-state index contributed by atoms with van der Waals surface area (Å²) in [7, 11) is -4.13. The molecule has 80 heavy (non-hydrogen) atoms. The van der Waals surface area contributed by atoms with E-state index in [1.807, 2.05) is 13.8 Å². The fourth-order valence-corrected chi connectivity index (χ4v) is 16.6. The number of methoxy groups -OCH3 is 1. The van der Waals surface area contributed by atoms with Crippen LogP contribution in [0.1, 0.15) is 113 Å². The zero-order valence-corrected chi connectivity index (χ0v) is 50.3. The Hall–Kier alpha value is -1.35. The van der Waals surface area contributed by atoms with Crippen molar-refractivity contribution in [2.45, 2.75) is 235 Å². The molecule has 0 amide bonds. The summed E-state index contributed by atoms with van der Waals surface area (Å²) < 4.78 is 106. The fourth-order valence-electron chi connectivity index (χ4n) is 16.1. The molecule has 9 aliphatic rings. The molecule has 0 bridgehead atoms. The topological polar surface area (TPSA) is 344 Å². The van der Waals surface area contributed by atoms with E-state index in [1.165, 1.54) is 26.5 Å². The maximum absolute atomic E-state index is 14.6. The van der Waals surface area contributed by atoms with Crippen molar-refractivity contribution in [1.82, 2.24) is 0 Å². The molecule has 0 radical (unpaired) electrons. The fraction of sp³-hybridized carbons (Fsp3) is 0.889. The van der Waals surface area contributed by atoms with Crippen molar-refractivity contribution < 1.29 is 144 Å². The molecule has 24 nitrogen and oxygen atoms in total. The molecule has 5 heterocycles. The Morgan fingerprint density at radius 2 is 1.39 bits per heavy atom. The number of fused-ring (bicyclic) bond motifs is 4. The van der Waals surface area contributed by atoms with E-state index < -0.39 is 168 Å². The molecule has 5 saturated heterocycles. The molecule has 0 aromatic carbocycles. The molecular formula is C54H83NaO24S. The predicted octanol–water partition coefficient (Wildman–Crippen LogP) is -2.08. The number of aliphatic hydroxyl groups excluding tert-OH is 7. The van der Waals surface area contributed by atoms with Gasteiger partial charge in [0.25, 0.3) is 0 Å². The third-order valence-corrected chi connectivity index (χ3v) is 20.3. The third-order valence-electron chi connectivity index (χ3n) is 19.8. The van der Waals surface area contributed by atoms with Crippen molar-refractivity contribution in [1.29, 1.82) is 0 Å². The molecule has 8 fully saturated rings. The molecular weight excluding hydrogens is 1090 g/mol. The van der Waals surface area contributed by atoms with Gasteiger partial charge in [0.15, 0.2) is 25.2 Å². The second kappa shape index (κ2) is 24.1. The molecule has 16 unspecified atom stereocenters. The Bertz CT molecular complexity index is 2400. The number of ether oxygens (including phenoxy) is 11. The van der Waals surface area contributed by atoms with Crippen molar-refractivity contribution in [3.8, 4) is 0 Å². The van der Waals surface area contributed by atoms with E-state index in [-0.39, 0.29) is 65.3 Å². The van der Waals surface area contributed by atoms with Crippen molar-refractivity contribution in [3.05, 3.63) is 23.8 Å². The van der Waals surface area contributed by atoms with Gasteiger partial charge in [0.05, 0.1) is 43.4 Å². The maximum atomic E-state index is 14.6. The van der Waals surface area contributed by atoms with Crippen molar-refractivity contribution in [2.24, 2.45) is 39.4 Å². The summed E-state index contributed by atoms with van der Waals surface area (Å²) >= 11 is 0. The number of rotatable bonds is 16. The number of hydrogen-bond donors (Lipinski definition) is 7. The minimum absolute atomic E-state index is 0. The summed E-state index contributed by atoms with van der Waals surface area (Å²) in [4.78, 5) is 27.4. The summed E-state index contributed by atoms with van der Waals surface area (Å²) in [5, 5.41) is 77.9. The van der Waals surface area contributed by atoms with Crippen LogP contribution in [0.15, 0.2) is 23.8 Å². The van der Waals surface area contributed by atoms with Crippen LogP contribution in [-0.2, 0) is 76.3 Å². The van der Waals surface area contributed by atoms with E-state index in [9.17, 15) is 58.3 Å². The Balaban J connectivity index is 0.00000841. The maximum Gasteiger partial charge on any atom is 1.00 e. The van der Waals surface area contributed by atoms with Crippen LogP contribution in [0, 0.1) is 39.4 Å². The quantitative estimate of drug-likeness (QED) is 0.0287. The number of esters is 2. The first kappa shape index (κ1) is 64.6. The van der Waals surface area contributed by atoms with Crippen LogP contribution >= 0.6 is 0 Å². The first-order valence-corrected chi connectivity index (χ1v) is 29.1. The van der Waals surface area contributed by atoms with Gasteiger partial charge < -0.3 is 92.4 Å². The Kier molecular flexibility index (Phi) is 19.5. The SMILES string of the molecule is C=C(C)CCC[C@]1(C)OC(=O)C23CCC4C(=CCC5C(C)(C)C(O[C@@H]6OC[C@@H](OS(=O)(=O)[O-])C(O)C6O[C@@H]6OC(C)[C@@H](O[C@@H]7OC[C@@H](O)C(O[C@@H]8OC[C@@H](O)C(OC)C8O)C7O)C(O)C6O)CC[C@]45C)C2(C)CC(OC(C)=O)C31.[Na+]. The molecule has 7 N–H and O–H groups in total. The van der Waals surface area contributed by atoms with Crippen LogP contribution in [-0.4, -0.2) is 210 Å². The molecule has 5 aliphatic heterocycles. The number of allylic oxidation sites excluding steroid dienone is 3. The van der Waals surface area contributed by atoms with Gasteiger partial charge in [0.2, 0.25) is 10.4 Å². The molecule has 4 aliphatic carbocycles. The summed E-state index contributed by atoms with van der Waals surface area (Å²) in [5.41, 5.74) is -1.13. The van der Waals surface area contributed by atoms with Crippen LogP contribution in [0.5, 0.6) is 0 Å². The van der Waals surface area contributed by atoms with E-state index in [2.05, 4.69) is 44.5 Å². The monoisotopic (exact) mass is 1170 g/mol. The van der Waals surface area contributed by atoms with Crippen LogP contribution < -0.4 is 29.6 Å². The van der Waals surface area contributed by atoms with Crippen LogP contribution in [0.2, 0.25) is 0 Å². The van der Waals surface area contributed by atoms with Crippen molar-refractivity contribution >= 4 is 22.3 Å². The van der Waals surface area contributed by atoms with Gasteiger partial charge in [-0.25, -0.2) is 8.42 Å². The van der Waals surface area contributed by atoms with Gasteiger partial charge in [-0.2, -0.15) is 0 Å². The van der Waals surface area contributed by atoms with E-state index in [1.54, 1.807) is 0 Å². The van der Waals surface area contributed by atoms with E-state index >= 15 is 0 Å². The molecule has 3 saturated carbocycles. The molecule has 9 rings (SSSR count). The van der Waals surface area contributed by atoms with Gasteiger partial charge in [-0.1, -0.05) is 44.9 Å². The summed E-state index contributed by atoms with van der Waals surface area (Å²) in [5.74, 6) is -0.958. The van der Waals surface area contributed by atoms with Gasteiger partial charge in [-0.15, -0.1) is 6.58 Å². The standard InChI is InChI=1S/C54H84O24S.Na/c1-24(2)12-11-17-53(9)44-31(72-26(4)55)20-52(8)28-13-14-33-50(5,6)34(16-18-51(33,7)27(28)15-19-54(44,52)49(63)77-53)73-48-43(35(58)32(23-70-48)78-79(64,65)66)76-47-37(60)36(59)40(25(3)71-47)74-46-39(62)42(30(57)22-69-46)75-45-38(61)41(67-10)29(56)21-68-45;/h13,25,27,29-48,56-62H,1,11-12,14-23H2,2-10H3,(H,64,65,66);/q;+1/p-1/t25?,27?,29-,30-,31?,32-,33?,34?,35?,36?,37?,38?,39?,40-,41?,42?,43?,44?,45+,46+,47+,48+,51-,52?,53+,54?;/m1./s1.